The van der Waals surface area contributed by atoms with Crippen LogP contribution in [0.4, 0.5) is 0 Å². The zero-order valence-corrected chi connectivity index (χ0v) is 10.8. The van der Waals surface area contributed by atoms with Gasteiger partial charge in [0.2, 0.25) is 17.7 Å². The monoisotopic (exact) mass is 253 g/mol. The molecule has 1 saturated carbocycles. The van der Waals surface area contributed by atoms with Crippen molar-refractivity contribution >= 4 is 17.7 Å². The molecule has 2 rings (SSSR count). The lowest BCUT2D eigenvalue weighted by molar-refractivity contribution is -0.139. The van der Waals surface area contributed by atoms with Gasteiger partial charge in [0.05, 0.1) is 19.0 Å². The molecule has 1 atom stereocenters. The first-order chi connectivity index (χ1) is 8.54. The number of hydrogen-bond donors (Lipinski definition) is 1. The van der Waals surface area contributed by atoms with Crippen LogP contribution in [0.5, 0.6) is 0 Å². The third-order valence-electron chi connectivity index (χ3n) is 3.49. The number of rotatable bonds is 5. The molecule has 3 amide bonds. The molecule has 1 aliphatic heterocycles. The van der Waals surface area contributed by atoms with Crippen LogP contribution < -0.4 is 5.32 Å². The molecule has 0 bridgehead atoms. The minimum Gasteiger partial charge on any atom is -0.345 e. The van der Waals surface area contributed by atoms with Gasteiger partial charge in [-0.25, -0.2) is 0 Å². The fourth-order valence-corrected chi connectivity index (χ4v) is 2.05. The Bertz CT molecular complexity index is 379. The molecular weight excluding hydrogens is 234 g/mol. The highest BCUT2D eigenvalue weighted by molar-refractivity contribution is 6.06. The number of likely N-dealkylation sites (N-methyl/N-ethyl adjacent to an activating group) is 1. The lowest BCUT2D eigenvalue weighted by atomic mass is 10.2. The number of amides is 3. The predicted octanol–water partition coefficient (Wildman–Crippen LogP) is -0.656. The van der Waals surface area contributed by atoms with Crippen molar-refractivity contribution in [1.82, 2.24) is 15.1 Å². The van der Waals surface area contributed by atoms with E-state index in [2.05, 4.69) is 5.32 Å². The minimum atomic E-state index is -0.521. The highest BCUT2D eigenvalue weighted by atomic mass is 16.2. The molecule has 100 valence electrons. The van der Waals surface area contributed by atoms with Crippen molar-refractivity contribution in [2.45, 2.75) is 38.3 Å². The first kappa shape index (κ1) is 13.0. The van der Waals surface area contributed by atoms with E-state index < -0.39 is 6.04 Å². The van der Waals surface area contributed by atoms with Gasteiger partial charge in [-0.2, -0.15) is 0 Å². The van der Waals surface area contributed by atoms with Crippen LogP contribution in [0.3, 0.4) is 0 Å². The highest BCUT2D eigenvalue weighted by Gasteiger charge is 2.45. The molecule has 6 nitrogen and oxygen atoms in total. The van der Waals surface area contributed by atoms with Crippen LogP contribution in [0.2, 0.25) is 0 Å². The second-order valence-electron chi connectivity index (χ2n) is 4.88. The number of carbonyl (C=O) groups is 3. The smallest absolute Gasteiger partial charge is 0.247 e. The van der Waals surface area contributed by atoms with Gasteiger partial charge in [0.1, 0.15) is 0 Å². The Balaban J connectivity index is 1.85. The lowest BCUT2D eigenvalue weighted by Crippen LogP contribution is -2.44. The first-order valence-electron chi connectivity index (χ1n) is 6.37. The molecule has 0 aromatic carbocycles. The molecule has 2 fully saturated rings. The van der Waals surface area contributed by atoms with Crippen molar-refractivity contribution in [2.24, 2.45) is 0 Å². The van der Waals surface area contributed by atoms with Crippen LogP contribution in [0.1, 0.15) is 26.2 Å². The lowest BCUT2D eigenvalue weighted by Gasteiger charge is -2.17. The Morgan fingerprint density at radius 3 is 2.67 bits per heavy atom. The molecule has 0 radical (unpaired) electrons. The maximum Gasteiger partial charge on any atom is 0.247 e. The van der Waals surface area contributed by atoms with Crippen LogP contribution in [0.25, 0.3) is 0 Å². The molecule has 1 heterocycles. The largest absolute Gasteiger partial charge is 0.345 e. The standard InChI is InChI=1S/C12H19N3O3/c1-3-14(2)11(17)7-13-9-6-10(16)15(12(9)18)8-4-5-8/h8-9,13H,3-7H2,1-2H3. The zero-order chi connectivity index (χ0) is 13.3. The van der Waals surface area contributed by atoms with Gasteiger partial charge in [-0.3, -0.25) is 24.6 Å². The van der Waals surface area contributed by atoms with Crippen molar-refractivity contribution in [3.8, 4) is 0 Å². The third-order valence-corrected chi connectivity index (χ3v) is 3.49. The number of nitrogens with zero attached hydrogens (tertiary/aromatic N) is 2. The van der Waals surface area contributed by atoms with E-state index in [1.807, 2.05) is 6.92 Å². The van der Waals surface area contributed by atoms with Gasteiger partial charge < -0.3 is 4.90 Å². The van der Waals surface area contributed by atoms with E-state index in [4.69, 9.17) is 0 Å². The third kappa shape index (κ3) is 2.53. The molecule has 1 N–H and O–H groups in total. The van der Waals surface area contributed by atoms with Gasteiger partial charge in [-0.1, -0.05) is 0 Å². The van der Waals surface area contributed by atoms with Crippen molar-refractivity contribution < 1.29 is 14.4 Å². The summed E-state index contributed by atoms with van der Waals surface area (Å²) >= 11 is 0. The van der Waals surface area contributed by atoms with E-state index in [1.165, 1.54) is 4.90 Å². The molecule has 18 heavy (non-hydrogen) atoms. The molecular formula is C12H19N3O3. The molecule has 0 spiro atoms. The number of likely N-dealkylation sites (tertiary alicyclic amines) is 1. The van der Waals surface area contributed by atoms with Crippen molar-refractivity contribution in [3.63, 3.8) is 0 Å². The second kappa shape index (κ2) is 5.06. The number of hydrogen-bond acceptors (Lipinski definition) is 4. The van der Waals surface area contributed by atoms with Crippen LogP contribution >= 0.6 is 0 Å². The van der Waals surface area contributed by atoms with E-state index in [-0.39, 0.29) is 36.7 Å². The van der Waals surface area contributed by atoms with Gasteiger partial charge in [-0.05, 0) is 19.8 Å². The molecule has 0 aromatic heterocycles. The van der Waals surface area contributed by atoms with Crippen LogP contribution in [-0.4, -0.2) is 59.7 Å². The average molecular weight is 253 g/mol. The van der Waals surface area contributed by atoms with E-state index in [0.717, 1.165) is 12.8 Å². The summed E-state index contributed by atoms with van der Waals surface area (Å²) in [5, 5.41) is 2.89. The molecule has 1 aliphatic carbocycles. The normalized spacial score (nSPS) is 23.7. The summed E-state index contributed by atoms with van der Waals surface area (Å²) in [7, 11) is 1.71. The Kier molecular flexibility index (Phi) is 3.65. The summed E-state index contributed by atoms with van der Waals surface area (Å²) in [4.78, 5) is 38.2. The van der Waals surface area contributed by atoms with Gasteiger partial charge in [0.25, 0.3) is 0 Å². The van der Waals surface area contributed by atoms with Crippen molar-refractivity contribution in [1.29, 1.82) is 0 Å². The van der Waals surface area contributed by atoms with E-state index >= 15 is 0 Å². The fourth-order valence-electron chi connectivity index (χ4n) is 2.05. The highest BCUT2D eigenvalue weighted by Crippen LogP contribution is 2.31. The molecule has 1 saturated heterocycles. The van der Waals surface area contributed by atoms with E-state index in [9.17, 15) is 14.4 Å². The van der Waals surface area contributed by atoms with Gasteiger partial charge >= 0.3 is 0 Å². The number of carbonyl (C=O) groups excluding carboxylic acids is 3. The van der Waals surface area contributed by atoms with E-state index in [0.29, 0.717) is 6.54 Å². The minimum absolute atomic E-state index is 0.0670. The molecule has 6 heteroatoms. The first-order valence-corrected chi connectivity index (χ1v) is 6.37. The van der Waals surface area contributed by atoms with Crippen LogP contribution in [0.15, 0.2) is 0 Å². The summed E-state index contributed by atoms with van der Waals surface area (Å²) in [5.74, 6) is -0.353. The quantitative estimate of drug-likeness (QED) is 0.661. The molecule has 0 aromatic rings. The van der Waals surface area contributed by atoms with Gasteiger partial charge in [0, 0.05) is 19.6 Å². The maximum atomic E-state index is 12.0. The van der Waals surface area contributed by atoms with Crippen LogP contribution in [0, 0.1) is 0 Å². The van der Waals surface area contributed by atoms with Crippen molar-refractivity contribution in [3.05, 3.63) is 0 Å². The summed E-state index contributed by atoms with van der Waals surface area (Å²) in [5.41, 5.74) is 0. The van der Waals surface area contributed by atoms with Crippen LogP contribution in [-0.2, 0) is 14.4 Å². The predicted molar refractivity (Wildman–Crippen MR) is 64.6 cm³/mol. The SMILES string of the molecule is CCN(C)C(=O)CNC1CC(=O)N(C2CC2)C1=O. The summed E-state index contributed by atoms with van der Waals surface area (Å²) in [6, 6.07) is -0.405. The van der Waals surface area contributed by atoms with Gasteiger partial charge in [0.15, 0.2) is 0 Å². The number of imide groups is 1. The Morgan fingerprint density at radius 2 is 2.11 bits per heavy atom. The zero-order valence-electron chi connectivity index (χ0n) is 10.8. The summed E-state index contributed by atoms with van der Waals surface area (Å²) in [6.07, 6.45) is 2.02. The van der Waals surface area contributed by atoms with Crippen molar-refractivity contribution in [2.75, 3.05) is 20.1 Å². The topological polar surface area (TPSA) is 69.7 Å². The number of nitrogens with one attached hydrogen (secondary N) is 1. The average Bonchev–Trinajstić information content (AvgIpc) is 3.13. The summed E-state index contributed by atoms with van der Waals surface area (Å²) < 4.78 is 0. The fraction of sp³-hybridized carbons (Fsp3) is 0.750. The van der Waals surface area contributed by atoms with Gasteiger partial charge in [-0.15, -0.1) is 0 Å². The molecule has 2 aliphatic rings. The molecule has 1 unspecified atom stereocenters. The maximum absolute atomic E-state index is 12.0. The summed E-state index contributed by atoms with van der Waals surface area (Å²) in [6.45, 7) is 2.62. The second-order valence-corrected chi connectivity index (χ2v) is 4.88. The van der Waals surface area contributed by atoms with E-state index in [1.54, 1.807) is 11.9 Å². The Hall–Kier alpha value is -1.43. The Labute approximate surface area is 106 Å². The Morgan fingerprint density at radius 1 is 1.44 bits per heavy atom.